The highest BCUT2D eigenvalue weighted by Crippen LogP contribution is 2.30. The number of anilines is 1. The van der Waals surface area contributed by atoms with E-state index < -0.39 is 0 Å². The first-order chi connectivity index (χ1) is 10.1. The van der Waals surface area contributed by atoms with Gasteiger partial charge in [-0.05, 0) is 38.8 Å². The number of carbonyl (C=O) groups is 2. The first-order valence-electron chi connectivity index (χ1n) is 7.74. The summed E-state index contributed by atoms with van der Waals surface area (Å²) in [6.07, 6.45) is 3.11. The van der Waals surface area contributed by atoms with Crippen LogP contribution < -0.4 is 4.90 Å². The molecular weight excluding hydrogens is 264 g/mol. The van der Waals surface area contributed by atoms with Gasteiger partial charge in [-0.2, -0.15) is 0 Å². The van der Waals surface area contributed by atoms with Crippen molar-refractivity contribution in [3.63, 3.8) is 0 Å². The Morgan fingerprint density at radius 3 is 2.43 bits per heavy atom. The summed E-state index contributed by atoms with van der Waals surface area (Å²) in [7, 11) is 0. The van der Waals surface area contributed by atoms with Gasteiger partial charge in [-0.15, -0.1) is 0 Å². The van der Waals surface area contributed by atoms with Gasteiger partial charge in [-0.25, -0.2) is 0 Å². The normalized spacial score (nSPS) is 23.1. The number of hydrogen-bond donors (Lipinski definition) is 0. The Bertz CT molecular complexity index is 548. The quantitative estimate of drug-likeness (QED) is 0.837. The second kappa shape index (κ2) is 5.51. The molecule has 21 heavy (non-hydrogen) atoms. The lowest BCUT2D eigenvalue weighted by Crippen LogP contribution is -2.58. The van der Waals surface area contributed by atoms with Crippen LogP contribution in [0.2, 0.25) is 0 Å². The van der Waals surface area contributed by atoms with Gasteiger partial charge in [0.05, 0.1) is 0 Å². The van der Waals surface area contributed by atoms with Crippen LogP contribution in [0.1, 0.15) is 31.7 Å². The van der Waals surface area contributed by atoms with Crippen molar-refractivity contribution in [2.75, 3.05) is 18.0 Å². The van der Waals surface area contributed by atoms with Crippen LogP contribution in [0, 0.1) is 12.8 Å². The maximum atomic E-state index is 12.4. The highest BCUT2D eigenvalue weighted by atomic mass is 16.2. The molecule has 2 amide bonds. The largest absolute Gasteiger partial charge is 0.329 e. The molecule has 1 aromatic rings. The Morgan fingerprint density at radius 1 is 1.19 bits per heavy atom. The van der Waals surface area contributed by atoms with Gasteiger partial charge in [0.2, 0.25) is 11.8 Å². The van der Waals surface area contributed by atoms with E-state index in [1.54, 1.807) is 9.80 Å². The fourth-order valence-electron chi connectivity index (χ4n) is 3.01. The van der Waals surface area contributed by atoms with Crippen molar-refractivity contribution in [2.45, 2.75) is 39.2 Å². The monoisotopic (exact) mass is 286 g/mol. The maximum absolute atomic E-state index is 12.4. The van der Waals surface area contributed by atoms with E-state index >= 15 is 0 Å². The van der Waals surface area contributed by atoms with Crippen molar-refractivity contribution in [3.05, 3.63) is 29.8 Å². The summed E-state index contributed by atoms with van der Waals surface area (Å²) in [6, 6.07) is 8.06. The van der Waals surface area contributed by atoms with E-state index in [9.17, 15) is 9.59 Å². The predicted molar refractivity (Wildman–Crippen MR) is 82.0 cm³/mol. The van der Waals surface area contributed by atoms with E-state index in [0.717, 1.165) is 24.9 Å². The van der Waals surface area contributed by atoms with Crippen LogP contribution in [0.3, 0.4) is 0 Å². The first-order valence-corrected chi connectivity index (χ1v) is 7.74. The highest BCUT2D eigenvalue weighted by molar-refractivity contribution is 5.98. The molecule has 1 heterocycles. The lowest BCUT2D eigenvalue weighted by atomic mass is 9.84. The summed E-state index contributed by atoms with van der Waals surface area (Å²) in [6.45, 7) is 4.86. The van der Waals surface area contributed by atoms with Crippen molar-refractivity contribution in [1.82, 2.24) is 4.90 Å². The average molecular weight is 286 g/mol. The summed E-state index contributed by atoms with van der Waals surface area (Å²) in [5.74, 6) is 0.349. The average Bonchev–Trinajstić information content (AvgIpc) is 2.40. The molecule has 4 nitrogen and oxygen atoms in total. The van der Waals surface area contributed by atoms with E-state index in [0.29, 0.717) is 6.54 Å². The molecule has 0 bridgehead atoms. The molecule has 2 aliphatic rings. The molecule has 4 heteroatoms. The Labute approximate surface area is 125 Å². The zero-order valence-corrected chi connectivity index (χ0v) is 12.7. The maximum Gasteiger partial charge on any atom is 0.246 e. The highest BCUT2D eigenvalue weighted by Gasteiger charge is 2.37. The van der Waals surface area contributed by atoms with E-state index in [4.69, 9.17) is 0 Å². The molecule has 1 saturated heterocycles. The summed E-state index contributed by atoms with van der Waals surface area (Å²) in [4.78, 5) is 28.4. The molecule has 0 unspecified atom stereocenters. The van der Waals surface area contributed by atoms with Gasteiger partial charge in [0.15, 0.2) is 0 Å². The molecule has 0 radical (unpaired) electrons. The van der Waals surface area contributed by atoms with Crippen molar-refractivity contribution in [3.8, 4) is 0 Å². The summed E-state index contributed by atoms with van der Waals surface area (Å²) >= 11 is 0. The zero-order valence-electron chi connectivity index (χ0n) is 12.7. The van der Waals surface area contributed by atoms with Crippen molar-refractivity contribution >= 4 is 17.5 Å². The predicted octanol–water partition coefficient (Wildman–Crippen LogP) is 2.36. The summed E-state index contributed by atoms with van der Waals surface area (Å²) in [5, 5.41) is 0. The van der Waals surface area contributed by atoms with Crippen LogP contribution in [-0.2, 0) is 9.59 Å². The van der Waals surface area contributed by atoms with Crippen LogP contribution in [0.25, 0.3) is 0 Å². The van der Waals surface area contributed by atoms with Gasteiger partial charge in [0.25, 0.3) is 0 Å². The number of amides is 2. The fourth-order valence-corrected chi connectivity index (χ4v) is 3.01. The SMILES string of the molecule is Cc1ccc(N2C[C@H](C)N(C(=O)C3CCC3)CC2=O)cc1. The molecule has 1 aromatic carbocycles. The van der Waals surface area contributed by atoms with Gasteiger partial charge in [-0.1, -0.05) is 24.1 Å². The first kappa shape index (κ1) is 14.1. The van der Waals surface area contributed by atoms with Crippen LogP contribution in [0.15, 0.2) is 24.3 Å². The topological polar surface area (TPSA) is 40.6 Å². The Balaban J connectivity index is 1.73. The number of rotatable bonds is 2. The van der Waals surface area contributed by atoms with Gasteiger partial charge in [0, 0.05) is 24.2 Å². The molecular formula is C17H22N2O2. The lowest BCUT2D eigenvalue weighted by Gasteiger charge is -2.42. The number of piperazine rings is 1. The number of aryl methyl sites for hydroxylation is 1. The van der Waals surface area contributed by atoms with E-state index in [-0.39, 0.29) is 30.3 Å². The zero-order chi connectivity index (χ0) is 15.0. The number of nitrogens with zero attached hydrogens (tertiary/aromatic N) is 2. The van der Waals surface area contributed by atoms with Gasteiger partial charge < -0.3 is 9.80 Å². The number of hydrogen-bond acceptors (Lipinski definition) is 2. The third-order valence-electron chi connectivity index (χ3n) is 4.67. The van der Waals surface area contributed by atoms with Crippen LogP contribution in [-0.4, -0.2) is 35.8 Å². The Hall–Kier alpha value is -1.84. The molecule has 112 valence electrons. The van der Waals surface area contributed by atoms with E-state index in [1.807, 2.05) is 38.1 Å². The Morgan fingerprint density at radius 2 is 1.86 bits per heavy atom. The summed E-state index contributed by atoms with van der Waals surface area (Å²) in [5.41, 5.74) is 2.10. The van der Waals surface area contributed by atoms with Gasteiger partial charge in [0.1, 0.15) is 6.54 Å². The van der Waals surface area contributed by atoms with E-state index in [1.165, 1.54) is 5.56 Å². The molecule has 1 atom stereocenters. The minimum Gasteiger partial charge on any atom is -0.329 e. The number of carbonyl (C=O) groups excluding carboxylic acids is 2. The van der Waals surface area contributed by atoms with Crippen LogP contribution >= 0.6 is 0 Å². The molecule has 1 saturated carbocycles. The molecule has 3 rings (SSSR count). The Kier molecular flexibility index (Phi) is 3.70. The van der Waals surface area contributed by atoms with Crippen LogP contribution in [0.4, 0.5) is 5.69 Å². The van der Waals surface area contributed by atoms with Crippen molar-refractivity contribution in [1.29, 1.82) is 0 Å². The second-order valence-corrected chi connectivity index (χ2v) is 6.28. The third-order valence-corrected chi connectivity index (χ3v) is 4.67. The van der Waals surface area contributed by atoms with Crippen molar-refractivity contribution < 1.29 is 9.59 Å². The standard InChI is InChI=1S/C17H22N2O2/c1-12-6-8-15(9-7-12)19-10-13(2)18(11-16(19)20)17(21)14-4-3-5-14/h6-9,13-14H,3-5,10-11H2,1-2H3/t13-/m0/s1. The van der Waals surface area contributed by atoms with Crippen LogP contribution in [0.5, 0.6) is 0 Å². The minimum absolute atomic E-state index is 0.0182. The lowest BCUT2D eigenvalue weighted by molar-refractivity contribution is -0.145. The van der Waals surface area contributed by atoms with Gasteiger partial charge in [-0.3, -0.25) is 9.59 Å². The molecule has 0 spiro atoms. The van der Waals surface area contributed by atoms with Crippen molar-refractivity contribution in [2.24, 2.45) is 5.92 Å². The van der Waals surface area contributed by atoms with Gasteiger partial charge >= 0.3 is 0 Å². The second-order valence-electron chi connectivity index (χ2n) is 6.28. The molecule has 1 aliphatic carbocycles. The molecule has 0 aromatic heterocycles. The third kappa shape index (κ3) is 2.67. The molecule has 1 aliphatic heterocycles. The molecule has 0 N–H and O–H groups in total. The minimum atomic E-state index is 0.0182. The summed E-state index contributed by atoms with van der Waals surface area (Å²) < 4.78 is 0. The number of benzene rings is 1. The smallest absolute Gasteiger partial charge is 0.246 e. The fraction of sp³-hybridized carbons (Fsp3) is 0.529. The van der Waals surface area contributed by atoms with E-state index in [2.05, 4.69) is 0 Å². The molecule has 2 fully saturated rings.